The second-order valence-electron chi connectivity index (χ2n) is 3.75. The molecule has 8 heteroatoms. The van der Waals surface area contributed by atoms with Gasteiger partial charge in [0, 0.05) is 13.0 Å². The minimum absolute atomic E-state index is 0.116. The quantitative estimate of drug-likeness (QED) is 0.758. The van der Waals surface area contributed by atoms with Gasteiger partial charge in [-0.2, -0.15) is 4.31 Å². The number of furan rings is 1. The molecule has 2 N–H and O–H groups in total. The van der Waals surface area contributed by atoms with Crippen molar-refractivity contribution in [2.75, 3.05) is 6.54 Å². The molecule has 2 heterocycles. The highest BCUT2D eigenvalue weighted by Crippen LogP contribution is 2.26. The minimum Gasteiger partial charge on any atom is -0.480 e. The van der Waals surface area contributed by atoms with Crippen molar-refractivity contribution < 1.29 is 27.8 Å². The first-order valence-electron chi connectivity index (χ1n) is 4.89. The van der Waals surface area contributed by atoms with E-state index >= 15 is 0 Å². The molecule has 1 aliphatic rings. The normalized spacial score (nSPS) is 26.2. The highest BCUT2D eigenvalue weighted by atomic mass is 32.2. The molecule has 7 nitrogen and oxygen atoms in total. The molecule has 1 saturated heterocycles. The van der Waals surface area contributed by atoms with E-state index in [1.807, 2.05) is 0 Å². The molecule has 0 unspecified atom stereocenters. The Balaban J connectivity index is 2.36. The topological polar surface area (TPSA) is 108 Å². The predicted molar refractivity (Wildman–Crippen MR) is 54.6 cm³/mol. The zero-order valence-corrected chi connectivity index (χ0v) is 9.50. The Bertz CT molecular complexity index is 508. The summed E-state index contributed by atoms with van der Waals surface area (Å²) in [6.45, 7) is -0.236. The Morgan fingerprint density at radius 3 is 2.76 bits per heavy atom. The summed E-state index contributed by atoms with van der Waals surface area (Å²) in [7, 11) is -4.00. The SMILES string of the molecule is O=C(O)[C@@H]1C[C@@H](O)CN1S(=O)(=O)c1ccco1. The van der Waals surface area contributed by atoms with Gasteiger partial charge < -0.3 is 14.6 Å². The Kier molecular flexibility index (Phi) is 2.94. The maximum atomic E-state index is 12.0. The van der Waals surface area contributed by atoms with E-state index in [4.69, 9.17) is 9.52 Å². The van der Waals surface area contributed by atoms with E-state index in [9.17, 15) is 18.3 Å². The van der Waals surface area contributed by atoms with Crippen molar-refractivity contribution in [2.45, 2.75) is 23.7 Å². The van der Waals surface area contributed by atoms with Crippen LogP contribution in [0.2, 0.25) is 0 Å². The first-order valence-corrected chi connectivity index (χ1v) is 6.33. The Hall–Kier alpha value is -1.38. The van der Waals surface area contributed by atoms with Crippen LogP contribution in [0.25, 0.3) is 0 Å². The number of hydrogen-bond acceptors (Lipinski definition) is 5. The summed E-state index contributed by atoms with van der Waals surface area (Å²) in [5, 5.41) is 18.0. The van der Waals surface area contributed by atoms with Gasteiger partial charge in [-0.05, 0) is 12.1 Å². The van der Waals surface area contributed by atoms with E-state index in [1.165, 1.54) is 18.4 Å². The maximum Gasteiger partial charge on any atom is 0.322 e. The Morgan fingerprint density at radius 2 is 2.24 bits per heavy atom. The van der Waals surface area contributed by atoms with Gasteiger partial charge in [-0.15, -0.1) is 0 Å². The van der Waals surface area contributed by atoms with Crippen molar-refractivity contribution >= 4 is 16.0 Å². The molecule has 0 radical (unpaired) electrons. The van der Waals surface area contributed by atoms with Crippen LogP contribution >= 0.6 is 0 Å². The van der Waals surface area contributed by atoms with Crippen molar-refractivity contribution in [3.05, 3.63) is 18.4 Å². The van der Waals surface area contributed by atoms with Gasteiger partial charge in [0.1, 0.15) is 6.04 Å². The molecule has 0 saturated carbocycles. The van der Waals surface area contributed by atoms with E-state index in [-0.39, 0.29) is 18.1 Å². The standard InChI is InChI=1S/C9H11NO6S/c11-6-4-7(9(12)13)10(5-6)17(14,15)8-2-1-3-16-8/h1-3,6-7,11H,4-5H2,(H,12,13)/t6-,7+/m1/s1. The number of carbonyl (C=O) groups is 1. The lowest BCUT2D eigenvalue weighted by Crippen LogP contribution is -2.40. The number of aliphatic hydroxyl groups excluding tert-OH is 1. The number of hydrogen-bond donors (Lipinski definition) is 2. The average Bonchev–Trinajstić information content (AvgIpc) is 2.84. The summed E-state index contributed by atoms with van der Waals surface area (Å²) >= 11 is 0. The third-order valence-electron chi connectivity index (χ3n) is 2.58. The summed E-state index contributed by atoms with van der Waals surface area (Å²) in [5.41, 5.74) is 0. The lowest BCUT2D eigenvalue weighted by Gasteiger charge is -2.18. The molecule has 94 valence electrons. The summed E-state index contributed by atoms with van der Waals surface area (Å²) in [6, 6.07) is 1.38. The highest BCUT2D eigenvalue weighted by molar-refractivity contribution is 7.89. The number of sulfonamides is 1. The minimum atomic E-state index is -4.00. The Labute approximate surface area is 97.3 Å². The molecular formula is C9H11NO6S. The molecule has 2 rings (SSSR count). The molecule has 1 aromatic rings. The van der Waals surface area contributed by atoms with Gasteiger partial charge in [0.05, 0.1) is 12.4 Å². The van der Waals surface area contributed by atoms with Crippen LogP contribution in [0.15, 0.2) is 27.9 Å². The summed E-state index contributed by atoms with van der Waals surface area (Å²) < 4.78 is 29.5. The largest absolute Gasteiger partial charge is 0.480 e. The van der Waals surface area contributed by atoms with Gasteiger partial charge in [0.15, 0.2) is 0 Å². The van der Waals surface area contributed by atoms with E-state index in [0.29, 0.717) is 0 Å². The van der Waals surface area contributed by atoms with Crippen LogP contribution in [0.3, 0.4) is 0 Å². The van der Waals surface area contributed by atoms with Gasteiger partial charge in [-0.3, -0.25) is 4.79 Å². The van der Waals surface area contributed by atoms with Crippen molar-refractivity contribution in [1.82, 2.24) is 4.31 Å². The second kappa shape index (κ2) is 4.13. The molecule has 1 fully saturated rings. The molecular weight excluding hydrogens is 250 g/mol. The number of nitrogens with zero attached hydrogens (tertiary/aromatic N) is 1. The third-order valence-corrected chi connectivity index (χ3v) is 4.34. The monoisotopic (exact) mass is 261 g/mol. The third kappa shape index (κ3) is 2.06. The second-order valence-corrected chi connectivity index (χ2v) is 5.57. The summed E-state index contributed by atoms with van der Waals surface area (Å²) in [6.07, 6.45) is 0.102. The fourth-order valence-electron chi connectivity index (χ4n) is 1.80. The van der Waals surface area contributed by atoms with Crippen molar-refractivity contribution in [2.24, 2.45) is 0 Å². The van der Waals surface area contributed by atoms with Gasteiger partial charge in [-0.1, -0.05) is 0 Å². The fraction of sp³-hybridized carbons (Fsp3) is 0.444. The number of aliphatic carboxylic acids is 1. The molecule has 0 spiro atoms. The van der Waals surface area contributed by atoms with Crippen LogP contribution in [-0.2, 0) is 14.8 Å². The molecule has 0 amide bonds. The summed E-state index contributed by atoms with van der Waals surface area (Å²) in [4.78, 5) is 10.9. The van der Waals surface area contributed by atoms with Gasteiger partial charge in [-0.25, -0.2) is 8.42 Å². The summed E-state index contributed by atoms with van der Waals surface area (Å²) in [5.74, 6) is -1.28. The van der Waals surface area contributed by atoms with Crippen LogP contribution in [0, 0.1) is 0 Å². The zero-order chi connectivity index (χ0) is 12.6. The maximum absolute atomic E-state index is 12.0. The fourth-order valence-corrected chi connectivity index (χ4v) is 3.34. The van der Waals surface area contributed by atoms with Gasteiger partial charge in [0.25, 0.3) is 10.0 Å². The van der Waals surface area contributed by atoms with E-state index in [0.717, 1.165) is 4.31 Å². The molecule has 2 atom stereocenters. The van der Waals surface area contributed by atoms with Crippen LogP contribution < -0.4 is 0 Å². The predicted octanol–water partition coefficient (Wildman–Crippen LogP) is -0.512. The lowest BCUT2D eigenvalue weighted by atomic mass is 10.2. The number of aliphatic hydroxyl groups is 1. The number of carboxylic acids is 1. The van der Waals surface area contributed by atoms with Crippen molar-refractivity contribution in [3.8, 4) is 0 Å². The van der Waals surface area contributed by atoms with E-state index in [2.05, 4.69) is 0 Å². The van der Waals surface area contributed by atoms with Crippen molar-refractivity contribution in [1.29, 1.82) is 0 Å². The molecule has 1 aromatic heterocycles. The number of rotatable bonds is 3. The number of β-amino-alcohol motifs (C(OH)–C–C–N with tert-alkyl or cyclic N) is 1. The van der Waals surface area contributed by atoms with Crippen LogP contribution in [0.5, 0.6) is 0 Å². The Morgan fingerprint density at radius 1 is 1.53 bits per heavy atom. The molecule has 0 aliphatic carbocycles. The average molecular weight is 261 g/mol. The molecule has 17 heavy (non-hydrogen) atoms. The number of carboxylic acid groups (broad SMARTS) is 1. The zero-order valence-electron chi connectivity index (χ0n) is 8.68. The van der Waals surface area contributed by atoms with Crippen LogP contribution in [0.4, 0.5) is 0 Å². The smallest absolute Gasteiger partial charge is 0.322 e. The molecule has 0 bridgehead atoms. The van der Waals surface area contributed by atoms with E-state index in [1.54, 1.807) is 0 Å². The highest BCUT2D eigenvalue weighted by Gasteiger charge is 2.44. The first kappa shape index (κ1) is 12.1. The van der Waals surface area contributed by atoms with Gasteiger partial charge >= 0.3 is 5.97 Å². The first-order chi connectivity index (χ1) is 7.93. The van der Waals surface area contributed by atoms with E-state index < -0.39 is 28.1 Å². The van der Waals surface area contributed by atoms with Crippen molar-refractivity contribution in [3.63, 3.8) is 0 Å². The lowest BCUT2D eigenvalue weighted by molar-refractivity contribution is -0.140. The molecule has 1 aliphatic heterocycles. The van der Waals surface area contributed by atoms with Gasteiger partial charge in [0.2, 0.25) is 5.09 Å². The molecule has 0 aromatic carbocycles. The van der Waals surface area contributed by atoms with Crippen LogP contribution in [0.1, 0.15) is 6.42 Å². The van der Waals surface area contributed by atoms with Crippen LogP contribution in [-0.4, -0.2) is 47.6 Å².